The highest BCUT2D eigenvalue weighted by atomic mass is 79.9. The summed E-state index contributed by atoms with van der Waals surface area (Å²) in [6.45, 7) is 1.48. The molecule has 1 N–H and O–H groups in total. The third-order valence-electron chi connectivity index (χ3n) is 2.78. The van der Waals surface area contributed by atoms with Gasteiger partial charge < -0.3 is 9.84 Å². The molecule has 0 bridgehead atoms. The standard InChI is InChI=1S/C14H11BrFNO4/c1-8(18)10-7-9(16)5-6-12(10)21-13-4-2-3-11(14(13)15)17(19)20/h2-8,18H,1H3/t8-/m0/s1. The molecule has 0 heterocycles. The predicted octanol–water partition coefficient (Wildman–Crippen LogP) is 4.34. The quantitative estimate of drug-likeness (QED) is 0.653. The summed E-state index contributed by atoms with van der Waals surface area (Å²) in [4.78, 5) is 10.3. The molecule has 0 aliphatic heterocycles. The van der Waals surface area contributed by atoms with Gasteiger partial charge in [0.2, 0.25) is 0 Å². The van der Waals surface area contributed by atoms with Gasteiger partial charge in [-0.25, -0.2) is 4.39 Å². The Labute approximate surface area is 128 Å². The summed E-state index contributed by atoms with van der Waals surface area (Å²) < 4.78 is 19.0. The molecular weight excluding hydrogens is 345 g/mol. The zero-order chi connectivity index (χ0) is 15.6. The van der Waals surface area contributed by atoms with E-state index in [0.29, 0.717) is 0 Å². The van der Waals surface area contributed by atoms with E-state index < -0.39 is 16.8 Å². The van der Waals surface area contributed by atoms with E-state index in [-0.39, 0.29) is 27.2 Å². The summed E-state index contributed by atoms with van der Waals surface area (Å²) in [5, 5.41) is 20.5. The van der Waals surface area contributed by atoms with Crippen LogP contribution >= 0.6 is 15.9 Å². The molecule has 0 aliphatic rings. The molecule has 110 valence electrons. The van der Waals surface area contributed by atoms with E-state index in [2.05, 4.69) is 15.9 Å². The van der Waals surface area contributed by atoms with E-state index in [1.54, 1.807) is 0 Å². The van der Waals surface area contributed by atoms with Crippen molar-refractivity contribution in [2.24, 2.45) is 0 Å². The fraction of sp³-hybridized carbons (Fsp3) is 0.143. The normalized spacial score (nSPS) is 12.0. The largest absolute Gasteiger partial charge is 0.456 e. The zero-order valence-corrected chi connectivity index (χ0v) is 12.5. The number of aliphatic hydroxyl groups is 1. The maximum absolute atomic E-state index is 13.2. The molecule has 2 aromatic rings. The van der Waals surface area contributed by atoms with Crippen molar-refractivity contribution < 1.29 is 19.2 Å². The molecule has 0 saturated carbocycles. The van der Waals surface area contributed by atoms with Gasteiger partial charge in [-0.3, -0.25) is 10.1 Å². The number of nitrogens with zero attached hydrogens (tertiary/aromatic N) is 1. The van der Waals surface area contributed by atoms with Gasteiger partial charge >= 0.3 is 0 Å². The van der Waals surface area contributed by atoms with Gasteiger partial charge in [-0.15, -0.1) is 0 Å². The first kappa shape index (κ1) is 15.4. The second kappa shape index (κ2) is 6.19. The Balaban J connectivity index is 2.44. The van der Waals surface area contributed by atoms with E-state index in [4.69, 9.17) is 4.74 Å². The van der Waals surface area contributed by atoms with Crippen molar-refractivity contribution in [2.75, 3.05) is 0 Å². The van der Waals surface area contributed by atoms with Crippen molar-refractivity contribution >= 4 is 21.6 Å². The Morgan fingerprint density at radius 1 is 1.33 bits per heavy atom. The summed E-state index contributed by atoms with van der Waals surface area (Å²) in [5.41, 5.74) is 0.113. The van der Waals surface area contributed by atoms with Crippen molar-refractivity contribution in [1.29, 1.82) is 0 Å². The minimum atomic E-state index is -0.937. The monoisotopic (exact) mass is 355 g/mol. The van der Waals surface area contributed by atoms with Gasteiger partial charge in [0.25, 0.3) is 5.69 Å². The number of hydrogen-bond donors (Lipinski definition) is 1. The van der Waals surface area contributed by atoms with Crippen LogP contribution in [-0.4, -0.2) is 10.0 Å². The lowest BCUT2D eigenvalue weighted by Crippen LogP contribution is -1.98. The maximum atomic E-state index is 13.2. The molecule has 0 fully saturated rings. The first-order valence-electron chi connectivity index (χ1n) is 5.98. The summed E-state index contributed by atoms with van der Waals surface area (Å²) >= 11 is 3.11. The Bertz CT molecular complexity index is 691. The molecule has 2 rings (SSSR count). The highest BCUT2D eigenvalue weighted by molar-refractivity contribution is 9.10. The van der Waals surface area contributed by atoms with Crippen LogP contribution in [0.2, 0.25) is 0 Å². The number of benzene rings is 2. The average Bonchev–Trinajstić information content (AvgIpc) is 2.42. The molecular formula is C14H11BrFNO4. The Morgan fingerprint density at radius 2 is 2.05 bits per heavy atom. The van der Waals surface area contributed by atoms with Crippen LogP contribution < -0.4 is 4.74 Å². The molecule has 2 aromatic carbocycles. The van der Waals surface area contributed by atoms with Crippen LogP contribution in [0.3, 0.4) is 0 Å². The van der Waals surface area contributed by atoms with E-state index in [9.17, 15) is 19.6 Å². The summed E-state index contributed by atoms with van der Waals surface area (Å²) in [5.74, 6) is -0.0679. The zero-order valence-electron chi connectivity index (χ0n) is 10.9. The van der Waals surface area contributed by atoms with Gasteiger partial charge in [0, 0.05) is 11.6 Å². The smallest absolute Gasteiger partial charge is 0.287 e. The van der Waals surface area contributed by atoms with Gasteiger partial charge in [0.15, 0.2) is 0 Å². The molecule has 0 spiro atoms. The second-order valence-electron chi connectivity index (χ2n) is 4.31. The molecule has 0 saturated heterocycles. The third-order valence-corrected chi connectivity index (χ3v) is 3.58. The minimum absolute atomic E-state index is 0.145. The number of nitro benzene ring substituents is 1. The Hall–Kier alpha value is -1.99. The van der Waals surface area contributed by atoms with Crippen LogP contribution in [0.4, 0.5) is 10.1 Å². The highest BCUT2D eigenvalue weighted by Crippen LogP contribution is 2.38. The van der Waals surface area contributed by atoms with Crippen LogP contribution in [0.5, 0.6) is 11.5 Å². The number of ether oxygens (including phenoxy) is 1. The van der Waals surface area contributed by atoms with Crippen molar-refractivity contribution in [2.45, 2.75) is 13.0 Å². The van der Waals surface area contributed by atoms with Gasteiger partial charge in [0.1, 0.15) is 21.8 Å². The van der Waals surface area contributed by atoms with E-state index in [0.717, 1.165) is 6.07 Å². The minimum Gasteiger partial charge on any atom is -0.456 e. The van der Waals surface area contributed by atoms with E-state index >= 15 is 0 Å². The lowest BCUT2D eigenvalue weighted by Gasteiger charge is -2.14. The lowest BCUT2D eigenvalue weighted by molar-refractivity contribution is -0.385. The van der Waals surface area contributed by atoms with Gasteiger partial charge in [0.05, 0.1) is 11.0 Å². The first-order chi connectivity index (χ1) is 9.90. The van der Waals surface area contributed by atoms with E-state index in [1.807, 2.05) is 0 Å². The number of aliphatic hydroxyl groups excluding tert-OH is 1. The lowest BCUT2D eigenvalue weighted by atomic mass is 10.1. The predicted molar refractivity (Wildman–Crippen MR) is 77.9 cm³/mol. The molecule has 5 nitrogen and oxygen atoms in total. The van der Waals surface area contributed by atoms with Crippen LogP contribution in [0.15, 0.2) is 40.9 Å². The van der Waals surface area contributed by atoms with Gasteiger partial charge in [-0.1, -0.05) is 6.07 Å². The number of nitro groups is 1. The van der Waals surface area contributed by atoms with Crippen LogP contribution in [0.1, 0.15) is 18.6 Å². The van der Waals surface area contributed by atoms with Crippen molar-refractivity contribution in [1.82, 2.24) is 0 Å². The Kier molecular flexibility index (Phi) is 4.54. The van der Waals surface area contributed by atoms with Crippen molar-refractivity contribution in [3.05, 3.63) is 62.4 Å². The summed E-state index contributed by atoms with van der Waals surface area (Å²) in [6, 6.07) is 8.05. The highest BCUT2D eigenvalue weighted by Gasteiger charge is 2.18. The molecule has 21 heavy (non-hydrogen) atoms. The topological polar surface area (TPSA) is 72.6 Å². The molecule has 0 amide bonds. The van der Waals surface area contributed by atoms with Crippen molar-refractivity contribution in [3.8, 4) is 11.5 Å². The second-order valence-corrected chi connectivity index (χ2v) is 5.10. The van der Waals surface area contributed by atoms with Gasteiger partial charge in [-0.05, 0) is 47.1 Å². The van der Waals surface area contributed by atoms with Gasteiger partial charge in [-0.2, -0.15) is 0 Å². The molecule has 7 heteroatoms. The fourth-order valence-electron chi connectivity index (χ4n) is 1.78. The first-order valence-corrected chi connectivity index (χ1v) is 6.77. The number of hydrogen-bond acceptors (Lipinski definition) is 4. The fourth-order valence-corrected chi connectivity index (χ4v) is 2.27. The maximum Gasteiger partial charge on any atom is 0.287 e. The number of rotatable bonds is 4. The molecule has 0 aliphatic carbocycles. The SMILES string of the molecule is C[C@H](O)c1cc(F)ccc1Oc1cccc([N+](=O)[O-])c1Br. The third kappa shape index (κ3) is 3.37. The van der Waals surface area contributed by atoms with E-state index in [1.165, 1.54) is 37.3 Å². The molecule has 0 radical (unpaired) electrons. The molecule has 1 atom stereocenters. The Morgan fingerprint density at radius 3 is 2.67 bits per heavy atom. The molecule has 0 aromatic heterocycles. The van der Waals surface area contributed by atoms with Crippen LogP contribution in [0.25, 0.3) is 0 Å². The average molecular weight is 356 g/mol. The van der Waals surface area contributed by atoms with Crippen molar-refractivity contribution in [3.63, 3.8) is 0 Å². The molecule has 0 unspecified atom stereocenters. The number of halogens is 2. The summed E-state index contributed by atoms with van der Waals surface area (Å²) in [6.07, 6.45) is -0.937. The van der Waals surface area contributed by atoms with Crippen LogP contribution in [0, 0.1) is 15.9 Å². The van der Waals surface area contributed by atoms with Crippen LogP contribution in [-0.2, 0) is 0 Å². The summed E-state index contributed by atoms with van der Waals surface area (Å²) in [7, 11) is 0.